The molecule has 0 bridgehead atoms. The normalized spacial score (nSPS) is 11.6. The Morgan fingerprint density at radius 1 is 1.00 bits per heavy atom. The second kappa shape index (κ2) is 8.16. The van der Waals surface area contributed by atoms with E-state index in [4.69, 9.17) is 4.74 Å². The fraction of sp³-hybridized carbons (Fsp3) is 0.217. The van der Waals surface area contributed by atoms with Crippen LogP contribution in [0, 0.1) is 0 Å². The number of fused-ring (bicyclic) bond motifs is 3. The van der Waals surface area contributed by atoms with E-state index in [-0.39, 0.29) is 0 Å². The first-order chi connectivity index (χ1) is 15.2. The van der Waals surface area contributed by atoms with Crippen molar-refractivity contribution in [2.75, 3.05) is 27.2 Å². The van der Waals surface area contributed by atoms with Gasteiger partial charge in [-0.05, 0) is 55.9 Å². The van der Waals surface area contributed by atoms with Gasteiger partial charge in [0.2, 0.25) is 0 Å². The molecule has 0 fully saturated rings. The van der Waals surface area contributed by atoms with E-state index in [1.54, 1.807) is 18.7 Å². The first kappa shape index (κ1) is 19.2. The van der Waals surface area contributed by atoms with Crippen LogP contribution in [0.5, 0.6) is 5.75 Å². The van der Waals surface area contributed by atoms with Gasteiger partial charge < -0.3 is 14.6 Å². The third-order valence-corrected chi connectivity index (χ3v) is 5.17. The van der Waals surface area contributed by atoms with Crippen LogP contribution >= 0.6 is 0 Å². The van der Waals surface area contributed by atoms with Crippen molar-refractivity contribution in [1.82, 2.24) is 34.4 Å². The third-order valence-electron chi connectivity index (χ3n) is 5.17. The number of hydrogen-bond acceptors (Lipinski definition) is 6. The number of rotatable bonds is 7. The Kier molecular flexibility index (Phi) is 5.05. The van der Waals surface area contributed by atoms with Gasteiger partial charge in [0.1, 0.15) is 11.4 Å². The molecule has 0 aliphatic heterocycles. The molecule has 5 rings (SSSR count). The van der Waals surface area contributed by atoms with Crippen molar-refractivity contribution in [1.29, 1.82) is 0 Å². The number of hydrogen-bond donors (Lipinski definition) is 1. The predicted molar refractivity (Wildman–Crippen MR) is 120 cm³/mol. The van der Waals surface area contributed by atoms with E-state index < -0.39 is 0 Å². The summed E-state index contributed by atoms with van der Waals surface area (Å²) in [5.74, 6) is 1.59. The lowest BCUT2D eigenvalue weighted by molar-refractivity contribution is 0.281. The topological polar surface area (TPSA) is 84.2 Å². The maximum absolute atomic E-state index is 5.86. The molecule has 0 spiro atoms. The highest BCUT2D eigenvalue weighted by Crippen LogP contribution is 2.27. The smallest absolute Gasteiger partial charge is 0.187 e. The minimum Gasteiger partial charge on any atom is -0.494 e. The standard InChI is InChI=1S/C23H23N7O/c1-29(2)10-3-11-31-18-7-4-16(5-8-18)17-6-9-19-21(12-17)30-22(14-25-19)27-28-23(30)20-13-24-15-26-20/h4-9,12-15H,3,10-11H2,1-2H3,(H,24,26). The maximum Gasteiger partial charge on any atom is 0.187 e. The molecule has 0 amide bonds. The van der Waals surface area contributed by atoms with Gasteiger partial charge in [0, 0.05) is 6.54 Å². The molecule has 0 aliphatic carbocycles. The molecule has 8 heteroatoms. The van der Waals surface area contributed by atoms with Gasteiger partial charge in [0.15, 0.2) is 11.5 Å². The van der Waals surface area contributed by atoms with Crippen molar-refractivity contribution in [3.63, 3.8) is 0 Å². The molecule has 8 nitrogen and oxygen atoms in total. The molecule has 3 aromatic heterocycles. The molecule has 1 N–H and O–H groups in total. The molecule has 3 heterocycles. The van der Waals surface area contributed by atoms with E-state index in [1.165, 1.54) is 0 Å². The van der Waals surface area contributed by atoms with Crippen LogP contribution in [0.3, 0.4) is 0 Å². The highest BCUT2D eigenvalue weighted by Gasteiger charge is 2.13. The molecule has 0 radical (unpaired) electrons. The van der Waals surface area contributed by atoms with Crippen molar-refractivity contribution >= 4 is 16.7 Å². The summed E-state index contributed by atoms with van der Waals surface area (Å²) in [6, 6.07) is 14.4. The van der Waals surface area contributed by atoms with Crippen LogP contribution in [0.25, 0.3) is 39.3 Å². The van der Waals surface area contributed by atoms with Gasteiger partial charge in [-0.2, -0.15) is 0 Å². The van der Waals surface area contributed by atoms with Crippen molar-refractivity contribution in [3.8, 4) is 28.4 Å². The van der Waals surface area contributed by atoms with Crippen molar-refractivity contribution in [2.24, 2.45) is 0 Å². The van der Waals surface area contributed by atoms with Crippen LogP contribution in [0.4, 0.5) is 0 Å². The monoisotopic (exact) mass is 413 g/mol. The van der Waals surface area contributed by atoms with Gasteiger partial charge in [-0.25, -0.2) is 4.98 Å². The summed E-state index contributed by atoms with van der Waals surface area (Å²) in [6.45, 7) is 1.72. The molecule has 0 saturated carbocycles. The summed E-state index contributed by atoms with van der Waals surface area (Å²) in [5.41, 5.74) is 5.50. The molecular weight excluding hydrogens is 390 g/mol. The number of imidazole rings is 1. The van der Waals surface area contributed by atoms with Gasteiger partial charge >= 0.3 is 0 Å². The Bertz CT molecular complexity index is 1310. The zero-order valence-electron chi connectivity index (χ0n) is 17.5. The summed E-state index contributed by atoms with van der Waals surface area (Å²) in [5, 5.41) is 8.60. The van der Waals surface area contributed by atoms with E-state index in [2.05, 4.69) is 68.4 Å². The summed E-state index contributed by atoms with van der Waals surface area (Å²) < 4.78 is 7.86. The number of benzene rings is 2. The maximum atomic E-state index is 5.86. The Morgan fingerprint density at radius 2 is 1.84 bits per heavy atom. The van der Waals surface area contributed by atoms with E-state index >= 15 is 0 Å². The van der Waals surface area contributed by atoms with Crippen LogP contribution in [0.15, 0.2) is 61.2 Å². The van der Waals surface area contributed by atoms with E-state index in [0.29, 0.717) is 18.1 Å². The van der Waals surface area contributed by atoms with Crippen LogP contribution in [-0.2, 0) is 0 Å². The average Bonchev–Trinajstić information content (AvgIpc) is 3.46. The zero-order valence-corrected chi connectivity index (χ0v) is 17.5. The van der Waals surface area contributed by atoms with Crippen molar-refractivity contribution < 1.29 is 4.74 Å². The minimum absolute atomic E-state index is 0.690. The van der Waals surface area contributed by atoms with Crippen molar-refractivity contribution in [3.05, 3.63) is 61.2 Å². The average molecular weight is 413 g/mol. The molecule has 0 saturated heterocycles. The van der Waals surface area contributed by atoms with E-state index in [0.717, 1.165) is 46.6 Å². The highest BCUT2D eigenvalue weighted by atomic mass is 16.5. The molecule has 0 atom stereocenters. The Morgan fingerprint density at radius 3 is 2.61 bits per heavy atom. The summed E-state index contributed by atoms with van der Waals surface area (Å²) >= 11 is 0. The van der Waals surface area contributed by atoms with Crippen LogP contribution in [0.1, 0.15) is 6.42 Å². The third kappa shape index (κ3) is 3.85. The minimum atomic E-state index is 0.690. The summed E-state index contributed by atoms with van der Waals surface area (Å²) in [6.07, 6.45) is 6.11. The Labute approximate surface area is 179 Å². The number of H-pyrrole nitrogens is 1. The fourth-order valence-electron chi connectivity index (χ4n) is 3.60. The van der Waals surface area contributed by atoms with Crippen molar-refractivity contribution in [2.45, 2.75) is 6.42 Å². The number of aromatic nitrogens is 6. The lowest BCUT2D eigenvalue weighted by Gasteiger charge is -2.11. The van der Waals surface area contributed by atoms with Gasteiger partial charge in [0.25, 0.3) is 0 Å². The van der Waals surface area contributed by atoms with Crippen LogP contribution in [0.2, 0.25) is 0 Å². The second-order valence-electron chi connectivity index (χ2n) is 7.67. The summed E-state index contributed by atoms with van der Waals surface area (Å²) in [4.78, 5) is 13.9. The molecule has 0 unspecified atom stereocenters. The predicted octanol–water partition coefficient (Wildman–Crippen LogP) is 3.67. The Hall–Kier alpha value is -3.78. The largest absolute Gasteiger partial charge is 0.494 e. The number of nitrogens with zero attached hydrogens (tertiary/aromatic N) is 6. The van der Waals surface area contributed by atoms with E-state index in [1.807, 2.05) is 22.6 Å². The van der Waals surface area contributed by atoms with Gasteiger partial charge in [-0.1, -0.05) is 18.2 Å². The first-order valence-corrected chi connectivity index (χ1v) is 10.2. The lowest BCUT2D eigenvalue weighted by Crippen LogP contribution is -2.15. The zero-order chi connectivity index (χ0) is 21.2. The molecule has 5 aromatic rings. The van der Waals surface area contributed by atoms with Gasteiger partial charge in [-0.15, -0.1) is 10.2 Å². The first-order valence-electron chi connectivity index (χ1n) is 10.2. The van der Waals surface area contributed by atoms with E-state index in [9.17, 15) is 0 Å². The number of ether oxygens (including phenoxy) is 1. The van der Waals surface area contributed by atoms with Gasteiger partial charge in [-0.3, -0.25) is 9.38 Å². The Balaban J connectivity index is 1.47. The second-order valence-corrected chi connectivity index (χ2v) is 7.67. The molecule has 156 valence electrons. The van der Waals surface area contributed by atoms with Gasteiger partial charge in [0.05, 0.1) is 36.4 Å². The molecule has 2 aromatic carbocycles. The quantitative estimate of drug-likeness (QED) is 0.410. The lowest BCUT2D eigenvalue weighted by atomic mass is 10.0. The van der Waals surface area contributed by atoms with Crippen LogP contribution in [-0.4, -0.2) is 61.7 Å². The molecule has 31 heavy (non-hydrogen) atoms. The summed E-state index contributed by atoms with van der Waals surface area (Å²) in [7, 11) is 4.14. The molecule has 0 aliphatic rings. The number of nitrogens with one attached hydrogen (secondary N) is 1. The molecular formula is C23H23N7O. The highest BCUT2D eigenvalue weighted by molar-refractivity contribution is 5.84. The van der Waals surface area contributed by atoms with Crippen LogP contribution < -0.4 is 4.74 Å². The SMILES string of the molecule is CN(C)CCCOc1ccc(-c2ccc3ncc4nnc(-c5cnc[nH]5)n4c3c2)cc1. The number of aromatic amines is 1. The fourth-order valence-corrected chi connectivity index (χ4v) is 3.60.